The molecule has 2 unspecified atom stereocenters. The summed E-state index contributed by atoms with van der Waals surface area (Å²) in [7, 11) is 1.94. The lowest BCUT2D eigenvalue weighted by Gasteiger charge is -2.19. The van der Waals surface area contributed by atoms with Gasteiger partial charge in [-0.2, -0.15) is 0 Å². The summed E-state index contributed by atoms with van der Waals surface area (Å²) in [6.45, 7) is 8.94. The highest BCUT2D eigenvalue weighted by Crippen LogP contribution is 2.25. The molecule has 0 bridgehead atoms. The van der Waals surface area contributed by atoms with Gasteiger partial charge in [0, 0.05) is 17.8 Å². The van der Waals surface area contributed by atoms with Gasteiger partial charge < -0.3 is 61.4 Å². The standard InChI is InChI=1S/C36H51NO13/c1-37-34-4-2-28(47-20-16-45-26-30-24-43-12-10-39-6-8-41-14-18-49-30)22-32(34)36(38)33-23-29(3-5-35(33)37)48-21-17-46-27-31-25-44-13-11-40-7-9-42-15-19-50-31/h2-5,22-23,30-31H,6-21,24-27H2,1H3. The van der Waals surface area contributed by atoms with Crippen LogP contribution in [0.3, 0.4) is 0 Å². The SMILES string of the molecule is Cn1c2ccc(OCCOCC3COCCOCCOCCO3)cc2c(=O)c2cc(OCCOCC3COCCOCCOCCO3)ccc21. The van der Waals surface area contributed by atoms with E-state index in [1.807, 2.05) is 35.9 Å². The van der Waals surface area contributed by atoms with Crippen LogP contribution in [0.25, 0.3) is 21.8 Å². The second-order valence-corrected chi connectivity index (χ2v) is 11.7. The summed E-state index contributed by atoms with van der Waals surface area (Å²) < 4.78 is 70.4. The minimum absolute atomic E-state index is 0.0976. The molecule has 1 aromatic heterocycles. The van der Waals surface area contributed by atoms with Crippen molar-refractivity contribution in [1.29, 1.82) is 0 Å². The monoisotopic (exact) mass is 705 g/mol. The first-order valence-electron chi connectivity index (χ1n) is 17.4. The maximum absolute atomic E-state index is 13.7. The van der Waals surface area contributed by atoms with E-state index in [2.05, 4.69) is 0 Å². The second-order valence-electron chi connectivity index (χ2n) is 11.7. The van der Waals surface area contributed by atoms with Crippen molar-refractivity contribution in [3.63, 3.8) is 0 Å². The highest BCUT2D eigenvalue weighted by atomic mass is 16.6. The van der Waals surface area contributed by atoms with E-state index in [1.165, 1.54) is 0 Å². The number of rotatable bonds is 12. The van der Waals surface area contributed by atoms with Gasteiger partial charge in [-0.05, 0) is 36.4 Å². The molecule has 2 aliphatic rings. The fraction of sp³-hybridized carbons (Fsp3) is 0.639. The van der Waals surface area contributed by atoms with Gasteiger partial charge in [0.15, 0.2) is 5.43 Å². The van der Waals surface area contributed by atoms with E-state index in [-0.39, 0.29) is 17.6 Å². The topological polar surface area (TPSA) is 133 Å². The maximum Gasteiger partial charge on any atom is 0.197 e. The minimum Gasteiger partial charge on any atom is -0.491 e. The van der Waals surface area contributed by atoms with Crippen LogP contribution in [-0.4, -0.2) is 149 Å². The Morgan fingerprint density at radius 1 is 0.560 bits per heavy atom. The van der Waals surface area contributed by atoms with Crippen molar-refractivity contribution in [2.75, 3.05) is 132 Å². The zero-order valence-electron chi connectivity index (χ0n) is 29.0. The predicted molar refractivity (Wildman–Crippen MR) is 184 cm³/mol. The van der Waals surface area contributed by atoms with E-state index < -0.39 is 0 Å². The summed E-state index contributed by atoms with van der Waals surface area (Å²) in [5.41, 5.74) is 1.51. The number of hydrogen-bond acceptors (Lipinski definition) is 13. The van der Waals surface area contributed by atoms with Gasteiger partial charge in [0.05, 0.1) is 130 Å². The highest BCUT2D eigenvalue weighted by molar-refractivity contribution is 5.94. The molecule has 2 aromatic carbocycles. The van der Waals surface area contributed by atoms with Crippen LogP contribution in [0.15, 0.2) is 41.2 Å². The van der Waals surface area contributed by atoms with Crippen molar-refractivity contribution in [2.24, 2.45) is 7.05 Å². The molecule has 0 saturated carbocycles. The first kappa shape index (κ1) is 38.3. The molecule has 5 rings (SSSR count). The van der Waals surface area contributed by atoms with E-state index in [0.29, 0.717) is 154 Å². The Labute approximate surface area is 292 Å². The largest absolute Gasteiger partial charge is 0.491 e. The van der Waals surface area contributed by atoms with Crippen molar-refractivity contribution < 1.29 is 56.8 Å². The minimum atomic E-state index is -0.215. The fourth-order valence-corrected chi connectivity index (χ4v) is 5.45. The number of aryl methyl sites for hydroxylation is 1. The zero-order chi connectivity index (χ0) is 34.6. The summed E-state index contributed by atoms with van der Waals surface area (Å²) in [5, 5.41) is 1.11. The molecule has 2 saturated heterocycles. The average Bonchev–Trinajstić information content (AvgIpc) is 3.12. The Hall–Kier alpha value is -2.89. The van der Waals surface area contributed by atoms with E-state index in [1.54, 1.807) is 12.1 Å². The van der Waals surface area contributed by atoms with Crippen LogP contribution in [0.1, 0.15) is 0 Å². The smallest absolute Gasteiger partial charge is 0.197 e. The van der Waals surface area contributed by atoms with Gasteiger partial charge in [0.1, 0.15) is 36.9 Å². The molecule has 3 heterocycles. The quantitative estimate of drug-likeness (QED) is 0.202. The molecular weight excluding hydrogens is 654 g/mol. The molecule has 0 N–H and O–H groups in total. The molecule has 50 heavy (non-hydrogen) atoms. The molecule has 14 nitrogen and oxygen atoms in total. The summed E-state index contributed by atoms with van der Waals surface area (Å²) >= 11 is 0. The third-order valence-electron chi connectivity index (χ3n) is 8.01. The van der Waals surface area contributed by atoms with Crippen molar-refractivity contribution in [2.45, 2.75) is 12.2 Å². The first-order chi connectivity index (χ1) is 24.7. The zero-order valence-corrected chi connectivity index (χ0v) is 29.0. The highest BCUT2D eigenvalue weighted by Gasteiger charge is 2.14. The Bertz CT molecular complexity index is 1340. The van der Waals surface area contributed by atoms with Crippen molar-refractivity contribution in [3.8, 4) is 11.5 Å². The Balaban J connectivity index is 1.09. The van der Waals surface area contributed by atoms with Gasteiger partial charge in [-0.25, -0.2) is 0 Å². The number of nitrogens with zero attached hydrogens (tertiary/aromatic N) is 1. The van der Waals surface area contributed by atoms with Gasteiger partial charge >= 0.3 is 0 Å². The lowest BCUT2D eigenvalue weighted by molar-refractivity contribution is -0.0915. The summed E-state index contributed by atoms with van der Waals surface area (Å²) in [4.78, 5) is 13.7. The molecular formula is C36H51NO13. The number of fused-ring (bicyclic) bond motifs is 2. The molecule has 2 aliphatic heterocycles. The van der Waals surface area contributed by atoms with Gasteiger partial charge in [-0.3, -0.25) is 4.79 Å². The van der Waals surface area contributed by atoms with E-state index in [9.17, 15) is 4.79 Å². The molecule has 2 fully saturated rings. The molecule has 14 heteroatoms. The Morgan fingerprint density at radius 2 is 0.960 bits per heavy atom. The number of hydrogen-bond donors (Lipinski definition) is 0. The molecule has 278 valence electrons. The molecule has 0 aliphatic carbocycles. The second kappa shape index (κ2) is 22.1. The number of benzene rings is 2. The van der Waals surface area contributed by atoms with E-state index in [4.69, 9.17) is 56.8 Å². The molecule has 2 atom stereocenters. The summed E-state index contributed by atoms with van der Waals surface area (Å²) in [6.07, 6.45) is -0.430. The van der Waals surface area contributed by atoms with Crippen LogP contribution in [-0.2, 0) is 54.4 Å². The van der Waals surface area contributed by atoms with Crippen LogP contribution in [0.5, 0.6) is 11.5 Å². The lowest BCUT2D eigenvalue weighted by atomic mass is 10.1. The predicted octanol–water partition coefficient (Wildman–Crippen LogP) is 2.38. The van der Waals surface area contributed by atoms with Crippen molar-refractivity contribution in [1.82, 2.24) is 4.57 Å². The Kier molecular flexibility index (Phi) is 17.0. The summed E-state index contributed by atoms with van der Waals surface area (Å²) in [6, 6.07) is 11.1. The third kappa shape index (κ3) is 12.7. The van der Waals surface area contributed by atoms with Crippen LogP contribution in [0.4, 0.5) is 0 Å². The Morgan fingerprint density at radius 3 is 1.40 bits per heavy atom. The molecule has 0 radical (unpaired) electrons. The van der Waals surface area contributed by atoms with Gasteiger partial charge in [-0.15, -0.1) is 0 Å². The van der Waals surface area contributed by atoms with Gasteiger partial charge in [0.25, 0.3) is 0 Å². The van der Waals surface area contributed by atoms with Gasteiger partial charge in [0.2, 0.25) is 0 Å². The van der Waals surface area contributed by atoms with Crippen LogP contribution >= 0.6 is 0 Å². The van der Waals surface area contributed by atoms with Crippen LogP contribution in [0, 0.1) is 0 Å². The van der Waals surface area contributed by atoms with Crippen LogP contribution in [0.2, 0.25) is 0 Å². The molecule has 3 aromatic rings. The normalized spacial score (nSPS) is 21.1. The van der Waals surface area contributed by atoms with Gasteiger partial charge in [-0.1, -0.05) is 0 Å². The van der Waals surface area contributed by atoms with Crippen LogP contribution < -0.4 is 14.9 Å². The number of ether oxygens (including phenoxy) is 12. The molecule has 0 amide bonds. The average molecular weight is 706 g/mol. The lowest BCUT2D eigenvalue weighted by Crippen LogP contribution is -2.29. The number of pyridine rings is 1. The first-order valence-corrected chi connectivity index (χ1v) is 17.4. The van der Waals surface area contributed by atoms with Crippen molar-refractivity contribution >= 4 is 21.8 Å². The molecule has 0 spiro atoms. The maximum atomic E-state index is 13.7. The van der Waals surface area contributed by atoms with Crippen molar-refractivity contribution in [3.05, 3.63) is 46.6 Å². The summed E-state index contributed by atoms with van der Waals surface area (Å²) in [5.74, 6) is 1.17. The van der Waals surface area contributed by atoms with E-state index >= 15 is 0 Å². The third-order valence-corrected chi connectivity index (χ3v) is 8.01. The fourth-order valence-electron chi connectivity index (χ4n) is 5.45. The van der Waals surface area contributed by atoms with E-state index in [0.717, 1.165) is 11.0 Å². The number of aromatic nitrogens is 1.